The fraction of sp³-hybridized carbons (Fsp3) is 0.615. The number of imidazole rings is 1. The summed E-state index contributed by atoms with van der Waals surface area (Å²) in [5, 5.41) is 16.0. The number of H-pyrrole nitrogens is 1. The summed E-state index contributed by atoms with van der Waals surface area (Å²) in [7, 11) is 0. The van der Waals surface area contributed by atoms with Gasteiger partial charge in [0.2, 0.25) is 5.95 Å². The predicted octanol–water partition coefficient (Wildman–Crippen LogP) is 1.70. The van der Waals surface area contributed by atoms with Gasteiger partial charge >= 0.3 is 0 Å². The van der Waals surface area contributed by atoms with Gasteiger partial charge in [0.05, 0.1) is 12.9 Å². The van der Waals surface area contributed by atoms with Crippen LogP contribution < -0.4 is 10.6 Å². The Labute approximate surface area is 128 Å². The molecule has 0 saturated carbocycles. The number of aromatic nitrogens is 4. The lowest BCUT2D eigenvalue weighted by Gasteiger charge is -2.22. The molecule has 0 radical (unpaired) electrons. The molecular formula is C13H22N6OS. The Kier molecular flexibility index (Phi) is 5.63. The molecule has 2 rings (SSSR count). The standard InChI is InChI=1S/C13H22N6OS/c1-4-5-14-13-18-11-10(15-7-16-11)12(19-13)17-8(2)9(6-20)21-3/h7-9,20H,4-6H2,1-3H3,(H3,14,15,16,17,18,19). The van der Waals surface area contributed by atoms with E-state index in [4.69, 9.17) is 0 Å². The van der Waals surface area contributed by atoms with Gasteiger partial charge in [-0.2, -0.15) is 21.7 Å². The van der Waals surface area contributed by atoms with Crippen molar-refractivity contribution in [3.05, 3.63) is 6.33 Å². The van der Waals surface area contributed by atoms with Crippen molar-refractivity contribution in [3.63, 3.8) is 0 Å². The van der Waals surface area contributed by atoms with E-state index in [0.29, 0.717) is 17.4 Å². The quantitative estimate of drug-likeness (QED) is 0.589. The average molecular weight is 310 g/mol. The molecule has 7 nitrogen and oxygen atoms in total. The van der Waals surface area contributed by atoms with E-state index in [-0.39, 0.29) is 17.9 Å². The summed E-state index contributed by atoms with van der Waals surface area (Å²) < 4.78 is 0. The topological polar surface area (TPSA) is 98.8 Å². The smallest absolute Gasteiger partial charge is 0.226 e. The Morgan fingerprint density at radius 1 is 1.43 bits per heavy atom. The van der Waals surface area contributed by atoms with E-state index < -0.39 is 0 Å². The van der Waals surface area contributed by atoms with Gasteiger partial charge in [-0.05, 0) is 19.6 Å². The third-order valence-electron chi connectivity index (χ3n) is 3.22. The fourth-order valence-corrected chi connectivity index (χ4v) is 2.62. The maximum Gasteiger partial charge on any atom is 0.226 e. The molecule has 0 aliphatic rings. The maximum absolute atomic E-state index is 9.39. The van der Waals surface area contributed by atoms with Crippen LogP contribution in [-0.4, -0.2) is 55.7 Å². The molecule has 2 aromatic rings. The molecule has 2 unspecified atom stereocenters. The van der Waals surface area contributed by atoms with Crippen LogP contribution in [0.2, 0.25) is 0 Å². The number of aromatic amines is 1. The Balaban J connectivity index is 2.26. The van der Waals surface area contributed by atoms with Gasteiger partial charge in [-0.3, -0.25) is 0 Å². The largest absolute Gasteiger partial charge is 0.395 e. The summed E-state index contributed by atoms with van der Waals surface area (Å²) in [5.41, 5.74) is 1.41. The second kappa shape index (κ2) is 7.46. The van der Waals surface area contributed by atoms with Gasteiger partial charge in [0.1, 0.15) is 5.52 Å². The zero-order valence-electron chi connectivity index (χ0n) is 12.6. The molecule has 4 N–H and O–H groups in total. The van der Waals surface area contributed by atoms with Crippen molar-refractivity contribution in [1.82, 2.24) is 19.9 Å². The Morgan fingerprint density at radius 2 is 2.24 bits per heavy atom. The molecule has 0 bridgehead atoms. The van der Waals surface area contributed by atoms with Crippen molar-refractivity contribution in [1.29, 1.82) is 0 Å². The number of anilines is 2. The van der Waals surface area contributed by atoms with Gasteiger partial charge < -0.3 is 20.7 Å². The lowest BCUT2D eigenvalue weighted by Crippen LogP contribution is -2.31. The minimum absolute atomic E-state index is 0.0745. The first-order valence-electron chi connectivity index (χ1n) is 7.04. The normalized spacial score (nSPS) is 14.1. The van der Waals surface area contributed by atoms with Gasteiger partial charge in [0, 0.05) is 17.8 Å². The van der Waals surface area contributed by atoms with Crippen molar-refractivity contribution in [2.75, 3.05) is 30.0 Å². The highest BCUT2D eigenvalue weighted by Crippen LogP contribution is 2.21. The summed E-state index contributed by atoms with van der Waals surface area (Å²) in [4.78, 5) is 16.1. The Morgan fingerprint density at radius 3 is 2.90 bits per heavy atom. The van der Waals surface area contributed by atoms with Crippen molar-refractivity contribution >= 4 is 34.7 Å². The van der Waals surface area contributed by atoms with Crippen molar-refractivity contribution < 1.29 is 5.11 Å². The lowest BCUT2D eigenvalue weighted by atomic mass is 10.2. The zero-order valence-corrected chi connectivity index (χ0v) is 13.4. The summed E-state index contributed by atoms with van der Waals surface area (Å²) in [6, 6.07) is 0.0745. The van der Waals surface area contributed by atoms with Crippen LogP contribution in [-0.2, 0) is 0 Å². The molecule has 8 heteroatoms. The molecule has 2 heterocycles. The third-order valence-corrected chi connectivity index (χ3v) is 4.39. The number of fused-ring (bicyclic) bond motifs is 1. The van der Waals surface area contributed by atoms with E-state index in [2.05, 4.69) is 37.5 Å². The lowest BCUT2D eigenvalue weighted by molar-refractivity contribution is 0.288. The first kappa shape index (κ1) is 15.8. The minimum atomic E-state index is 0.0745. The highest BCUT2D eigenvalue weighted by Gasteiger charge is 2.18. The summed E-state index contributed by atoms with van der Waals surface area (Å²) in [6.07, 6.45) is 4.59. The number of nitrogens with one attached hydrogen (secondary N) is 3. The first-order chi connectivity index (χ1) is 10.2. The minimum Gasteiger partial charge on any atom is -0.395 e. The van der Waals surface area contributed by atoms with Gasteiger partial charge in [0.15, 0.2) is 11.5 Å². The van der Waals surface area contributed by atoms with Gasteiger partial charge in [-0.15, -0.1) is 0 Å². The average Bonchev–Trinajstić information content (AvgIpc) is 2.95. The fourth-order valence-electron chi connectivity index (χ4n) is 2.00. The van der Waals surface area contributed by atoms with Crippen LogP contribution in [0.15, 0.2) is 6.33 Å². The molecule has 0 aromatic carbocycles. The molecule has 2 atom stereocenters. The SMILES string of the molecule is CCCNc1nc(NC(C)C(CO)SC)c2[nH]cnc2n1. The second-order valence-electron chi connectivity index (χ2n) is 4.81. The summed E-state index contributed by atoms with van der Waals surface area (Å²) in [6.45, 7) is 5.05. The van der Waals surface area contributed by atoms with Gasteiger partial charge in [-0.1, -0.05) is 6.92 Å². The van der Waals surface area contributed by atoms with E-state index in [0.717, 1.165) is 18.5 Å². The van der Waals surface area contributed by atoms with E-state index in [1.807, 2.05) is 13.2 Å². The highest BCUT2D eigenvalue weighted by molar-refractivity contribution is 7.99. The maximum atomic E-state index is 9.39. The second-order valence-corrected chi connectivity index (χ2v) is 5.89. The number of rotatable bonds is 8. The zero-order chi connectivity index (χ0) is 15.2. The molecule has 0 spiro atoms. The van der Waals surface area contributed by atoms with Crippen LogP contribution >= 0.6 is 11.8 Å². The number of aliphatic hydroxyl groups excluding tert-OH is 1. The van der Waals surface area contributed by atoms with Crippen LogP contribution in [0, 0.1) is 0 Å². The number of thioether (sulfide) groups is 1. The van der Waals surface area contributed by atoms with Crippen molar-refractivity contribution in [2.24, 2.45) is 0 Å². The monoisotopic (exact) mass is 310 g/mol. The van der Waals surface area contributed by atoms with E-state index in [1.165, 1.54) is 0 Å². The number of nitrogens with zero attached hydrogens (tertiary/aromatic N) is 3. The number of aliphatic hydroxyl groups is 1. The molecule has 2 aromatic heterocycles. The van der Waals surface area contributed by atoms with Crippen LogP contribution in [0.4, 0.5) is 11.8 Å². The molecular weight excluding hydrogens is 288 g/mol. The van der Waals surface area contributed by atoms with Crippen LogP contribution in [0.3, 0.4) is 0 Å². The molecule has 0 fully saturated rings. The van der Waals surface area contributed by atoms with Crippen molar-refractivity contribution in [3.8, 4) is 0 Å². The van der Waals surface area contributed by atoms with Gasteiger partial charge in [-0.25, -0.2) is 4.98 Å². The molecule has 0 amide bonds. The highest BCUT2D eigenvalue weighted by atomic mass is 32.2. The summed E-state index contributed by atoms with van der Waals surface area (Å²) in [5.74, 6) is 1.27. The molecule has 116 valence electrons. The first-order valence-corrected chi connectivity index (χ1v) is 8.33. The Bertz CT molecular complexity index is 571. The van der Waals surface area contributed by atoms with E-state index in [1.54, 1.807) is 18.1 Å². The predicted molar refractivity (Wildman–Crippen MR) is 87.9 cm³/mol. The van der Waals surface area contributed by atoms with Gasteiger partial charge in [0.25, 0.3) is 0 Å². The van der Waals surface area contributed by atoms with E-state index >= 15 is 0 Å². The molecule has 21 heavy (non-hydrogen) atoms. The van der Waals surface area contributed by atoms with E-state index in [9.17, 15) is 5.11 Å². The van der Waals surface area contributed by atoms with Crippen LogP contribution in [0.5, 0.6) is 0 Å². The van der Waals surface area contributed by atoms with Crippen LogP contribution in [0.25, 0.3) is 11.2 Å². The molecule has 0 aliphatic heterocycles. The molecule has 0 saturated heterocycles. The Hall–Kier alpha value is -1.54. The third kappa shape index (κ3) is 3.76. The van der Waals surface area contributed by atoms with Crippen LogP contribution in [0.1, 0.15) is 20.3 Å². The number of hydrogen-bond donors (Lipinski definition) is 4. The summed E-state index contributed by atoms with van der Waals surface area (Å²) >= 11 is 1.63. The molecule has 0 aliphatic carbocycles. The number of hydrogen-bond acceptors (Lipinski definition) is 7. The van der Waals surface area contributed by atoms with Crippen molar-refractivity contribution in [2.45, 2.75) is 31.6 Å².